The molecule has 1 amide bonds. The first-order valence-corrected chi connectivity index (χ1v) is 8.43. The standard InChI is InChI=1S/C13H17N5O3S/c1-10(17-22(2,20)21)13(19)15-7-11-3-5-12(6-4-11)18-9-14-8-16-18/h3-6,8-10,17H,7H2,1-2H3,(H,15,19)/t10-/m0/s1. The van der Waals surface area contributed by atoms with Gasteiger partial charge in [-0.3, -0.25) is 4.79 Å². The molecule has 0 aliphatic rings. The Bertz CT molecular complexity index is 726. The van der Waals surface area contributed by atoms with Crippen molar-refractivity contribution in [3.8, 4) is 5.69 Å². The summed E-state index contributed by atoms with van der Waals surface area (Å²) < 4.78 is 26.0. The van der Waals surface area contributed by atoms with Crippen LogP contribution in [0.2, 0.25) is 0 Å². The number of carbonyl (C=O) groups excluding carboxylic acids is 1. The molecular weight excluding hydrogens is 306 g/mol. The molecule has 0 unspecified atom stereocenters. The SMILES string of the molecule is C[C@H](NS(C)(=O)=O)C(=O)NCc1ccc(-n2cncn2)cc1. The fraction of sp³-hybridized carbons (Fsp3) is 0.308. The molecule has 0 saturated heterocycles. The van der Waals surface area contributed by atoms with Crippen LogP contribution in [-0.4, -0.2) is 41.4 Å². The van der Waals surface area contributed by atoms with Crippen LogP contribution >= 0.6 is 0 Å². The van der Waals surface area contributed by atoms with E-state index in [1.54, 1.807) is 11.0 Å². The highest BCUT2D eigenvalue weighted by molar-refractivity contribution is 7.88. The first-order chi connectivity index (χ1) is 10.3. The zero-order chi connectivity index (χ0) is 16.2. The molecule has 2 aromatic rings. The van der Waals surface area contributed by atoms with E-state index in [1.165, 1.54) is 13.3 Å². The zero-order valence-corrected chi connectivity index (χ0v) is 13.0. The normalized spacial score (nSPS) is 12.8. The molecule has 0 radical (unpaired) electrons. The molecule has 0 aliphatic heterocycles. The second-order valence-electron chi connectivity index (χ2n) is 4.84. The average Bonchev–Trinajstić information content (AvgIpc) is 2.97. The Labute approximate surface area is 128 Å². The molecule has 0 spiro atoms. The van der Waals surface area contributed by atoms with Crippen molar-refractivity contribution in [1.82, 2.24) is 24.8 Å². The summed E-state index contributed by atoms with van der Waals surface area (Å²) in [6, 6.07) is 6.60. The first-order valence-electron chi connectivity index (χ1n) is 6.54. The molecule has 2 N–H and O–H groups in total. The highest BCUT2D eigenvalue weighted by atomic mass is 32.2. The summed E-state index contributed by atoms with van der Waals surface area (Å²) in [6.45, 7) is 1.80. The molecule has 0 aliphatic carbocycles. The van der Waals surface area contributed by atoms with E-state index in [0.717, 1.165) is 17.5 Å². The second-order valence-corrected chi connectivity index (χ2v) is 6.62. The second kappa shape index (κ2) is 6.67. The molecular formula is C13H17N5O3S. The number of aromatic nitrogens is 3. The lowest BCUT2D eigenvalue weighted by atomic mass is 10.2. The van der Waals surface area contributed by atoms with E-state index >= 15 is 0 Å². The molecule has 0 saturated carbocycles. The Morgan fingerprint density at radius 1 is 1.32 bits per heavy atom. The van der Waals surface area contributed by atoms with Crippen molar-refractivity contribution >= 4 is 15.9 Å². The maximum Gasteiger partial charge on any atom is 0.238 e. The first kappa shape index (κ1) is 16.1. The van der Waals surface area contributed by atoms with Gasteiger partial charge in [0.05, 0.1) is 18.0 Å². The summed E-state index contributed by atoms with van der Waals surface area (Å²) in [6.07, 6.45) is 4.05. The minimum atomic E-state index is -3.41. The van der Waals surface area contributed by atoms with Crippen molar-refractivity contribution in [1.29, 1.82) is 0 Å². The molecule has 1 aromatic carbocycles. The van der Waals surface area contributed by atoms with Crippen LogP contribution in [0, 0.1) is 0 Å². The molecule has 8 nitrogen and oxygen atoms in total. The Morgan fingerprint density at radius 2 is 2.00 bits per heavy atom. The molecule has 0 fully saturated rings. The van der Waals surface area contributed by atoms with Gasteiger partial charge in [-0.15, -0.1) is 0 Å². The van der Waals surface area contributed by atoms with Crippen molar-refractivity contribution < 1.29 is 13.2 Å². The van der Waals surface area contributed by atoms with Crippen LogP contribution in [-0.2, 0) is 21.4 Å². The number of nitrogens with zero attached hydrogens (tertiary/aromatic N) is 3. The maximum absolute atomic E-state index is 11.8. The summed E-state index contributed by atoms with van der Waals surface area (Å²) in [5.41, 5.74) is 1.75. The number of amides is 1. The van der Waals surface area contributed by atoms with Gasteiger partial charge in [0.2, 0.25) is 15.9 Å². The predicted octanol–water partition coefficient (Wildman–Crippen LogP) is -0.179. The third kappa shape index (κ3) is 4.64. The highest BCUT2D eigenvalue weighted by Crippen LogP contribution is 2.07. The Morgan fingerprint density at radius 3 is 2.55 bits per heavy atom. The number of rotatable bonds is 6. The van der Waals surface area contributed by atoms with Crippen LogP contribution in [0.1, 0.15) is 12.5 Å². The molecule has 0 bridgehead atoms. The molecule has 9 heteroatoms. The number of sulfonamides is 1. The predicted molar refractivity (Wildman–Crippen MR) is 80.6 cm³/mol. The molecule has 22 heavy (non-hydrogen) atoms. The van der Waals surface area contributed by atoms with Crippen molar-refractivity contribution in [2.45, 2.75) is 19.5 Å². The summed E-state index contributed by atoms with van der Waals surface area (Å²) >= 11 is 0. The summed E-state index contributed by atoms with van der Waals surface area (Å²) in [4.78, 5) is 15.7. The number of nitrogens with one attached hydrogen (secondary N) is 2. The van der Waals surface area contributed by atoms with Gasteiger partial charge in [0.1, 0.15) is 12.7 Å². The van der Waals surface area contributed by atoms with Gasteiger partial charge in [-0.1, -0.05) is 12.1 Å². The number of carbonyl (C=O) groups is 1. The van der Waals surface area contributed by atoms with Gasteiger partial charge in [0.15, 0.2) is 0 Å². The Kier molecular flexibility index (Phi) is 4.88. The van der Waals surface area contributed by atoms with E-state index in [0.29, 0.717) is 6.54 Å². The monoisotopic (exact) mass is 323 g/mol. The van der Waals surface area contributed by atoms with E-state index in [2.05, 4.69) is 20.1 Å². The van der Waals surface area contributed by atoms with Gasteiger partial charge < -0.3 is 5.32 Å². The van der Waals surface area contributed by atoms with Crippen molar-refractivity contribution in [3.63, 3.8) is 0 Å². The van der Waals surface area contributed by atoms with Gasteiger partial charge in [0.25, 0.3) is 0 Å². The fourth-order valence-corrected chi connectivity index (χ4v) is 2.57. The highest BCUT2D eigenvalue weighted by Gasteiger charge is 2.16. The third-order valence-electron chi connectivity index (χ3n) is 2.87. The van der Waals surface area contributed by atoms with Crippen LogP contribution < -0.4 is 10.0 Å². The van der Waals surface area contributed by atoms with Gasteiger partial charge >= 0.3 is 0 Å². The van der Waals surface area contributed by atoms with Gasteiger partial charge in [0, 0.05) is 6.54 Å². The van der Waals surface area contributed by atoms with Crippen LogP contribution in [0.15, 0.2) is 36.9 Å². The smallest absolute Gasteiger partial charge is 0.238 e. The van der Waals surface area contributed by atoms with Crippen LogP contribution in [0.5, 0.6) is 0 Å². The van der Waals surface area contributed by atoms with E-state index in [1.807, 2.05) is 24.3 Å². The lowest BCUT2D eigenvalue weighted by molar-refractivity contribution is -0.122. The van der Waals surface area contributed by atoms with E-state index in [-0.39, 0.29) is 5.91 Å². The maximum atomic E-state index is 11.8. The number of hydrogen-bond acceptors (Lipinski definition) is 5. The van der Waals surface area contributed by atoms with Gasteiger partial charge in [-0.2, -0.15) is 5.10 Å². The van der Waals surface area contributed by atoms with Gasteiger partial charge in [-0.05, 0) is 24.6 Å². The van der Waals surface area contributed by atoms with Crippen molar-refractivity contribution in [3.05, 3.63) is 42.5 Å². The van der Waals surface area contributed by atoms with Crippen molar-refractivity contribution in [2.75, 3.05) is 6.26 Å². The van der Waals surface area contributed by atoms with Crippen LogP contribution in [0.25, 0.3) is 5.69 Å². The fourth-order valence-electron chi connectivity index (χ4n) is 1.82. The lowest BCUT2D eigenvalue weighted by Crippen LogP contribution is -2.44. The molecule has 118 valence electrons. The summed E-state index contributed by atoms with van der Waals surface area (Å²) in [5, 5.41) is 6.69. The minimum absolute atomic E-state index is 0.312. The third-order valence-corrected chi connectivity index (χ3v) is 3.65. The molecule has 1 atom stereocenters. The van der Waals surface area contributed by atoms with Gasteiger partial charge in [-0.25, -0.2) is 22.8 Å². The Balaban J connectivity index is 1.90. The van der Waals surface area contributed by atoms with Crippen LogP contribution in [0.4, 0.5) is 0 Å². The van der Waals surface area contributed by atoms with E-state index in [4.69, 9.17) is 0 Å². The van der Waals surface area contributed by atoms with E-state index in [9.17, 15) is 13.2 Å². The molecule has 1 heterocycles. The average molecular weight is 323 g/mol. The summed E-state index contributed by atoms with van der Waals surface area (Å²) in [7, 11) is -3.41. The van der Waals surface area contributed by atoms with Crippen molar-refractivity contribution in [2.24, 2.45) is 0 Å². The minimum Gasteiger partial charge on any atom is -0.351 e. The quantitative estimate of drug-likeness (QED) is 0.767. The largest absolute Gasteiger partial charge is 0.351 e. The number of benzene rings is 1. The summed E-state index contributed by atoms with van der Waals surface area (Å²) in [5.74, 6) is -0.384. The molecule has 1 aromatic heterocycles. The topological polar surface area (TPSA) is 106 Å². The lowest BCUT2D eigenvalue weighted by Gasteiger charge is -2.12. The molecule has 2 rings (SSSR count). The van der Waals surface area contributed by atoms with Crippen LogP contribution in [0.3, 0.4) is 0 Å². The Hall–Kier alpha value is -2.26. The van der Waals surface area contributed by atoms with E-state index < -0.39 is 16.1 Å². The number of hydrogen-bond donors (Lipinski definition) is 2. The zero-order valence-electron chi connectivity index (χ0n) is 12.2.